The SMILES string of the molecule is N#Cc1ccccc1N1CCN(CCCCCn2c(-c3cc(F)c(F)c(F)c3)c[nH]c2=O)CC1. The third-order valence-corrected chi connectivity index (χ3v) is 6.24. The Labute approximate surface area is 195 Å². The fourth-order valence-electron chi connectivity index (χ4n) is 4.40. The monoisotopic (exact) mass is 469 g/mol. The molecule has 6 nitrogen and oxygen atoms in total. The number of benzene rings is 2. The molecule has 1 aliphatic heterocycles. The van der Waals surface area contributed by atoms with Crippen molar-refractivity contribution in [3.63, 3.8) is 0 Å². The molecule has 0 bridgehead atoms. The van der Waals surface area contributed by atoms with Crippen LogP contribution in [0, 0.1) is 28.8 Å². The van der Waals surface area contributed by atoms with Crippen molar-refractivity contribution in [1.29, 1.82) is 5.26 Å². The molecular weight excluding hydrogens is 443 g/mol. The van der Waals surface area contributed by atoms with E-state index < -0.39 is 17.5 Å². The molecule has 2 aromatic carbocycles. The Bertz CT molecular complexity index is 1210. The molecule has 0 radical (unpaired) electrons. The van der Waals surface area contributed by atoms with Crippen LogP contribution in [0.5, 0.6) is 0 Å². The van der Waals surface area contributed by atoms with E-state index in [1.807, 2.05) is 24.3 Å². The van der Waals surface area contributed by atoms with Gasteiger partial charge in [0.2, 0.25) is 0 Å². The van der Waals surface area contributed by atoms with Crippen LogP contribution in [0.2, 0.25) is 0 Å². The quantitative estimate of drug-likeness (QED) is 0.398. The zero-order valence-electron chi connectivity index (χ0n) is 18.7. The highest BCUT2D eigenvalue weighted by Gasteiger charge is 2.19. The molecule has 0 spiro atoms. The lowest BCUT2D eigenvalue weighted by Gasteiger charge is -2.36. The smallest absolute Gasteiger partial charge is 0.325 e. The molecule has 1 N–H and O–H groups in total. The minimum absolute atomic E-state index is 0.116. The molecule has 0 aliphatic carbocycles. The number of para-hydroxylation sites is 1. The number of anilines is 1. The van der Waals surface area contributed by atoms with Crippen molar-refractivity contribution in [3.05, 3.63) is 76.1 Å². The molecule has 3 aromatic rings. The van der Waals surface area contributed by atoms with Gasteiger partial charge in [-0.05, 0) is 43.7 Å². The Morgan fingerprint density at radius 1 is 0.941 bits per heavy atom. The van der Waals surface area contributed by atoms with Crippen LogP contribution in [0.15, 0.2) is 47.4 Å². The summed E-state index contributed by atoms with van der Waals surface area (Å²) in [4.78, 5) is 19.3. The molecule has 34 heavy (non-hydrogen) atoms. The summed E-state index contributed by atoms with van der Waals surface area (Å²) in [6.45, 7) is 4.91. The first-order chi connectivity index (χ1) is 16.5. The molecule has 178 valence electrons. The van der Waals surface area contributed by atoms with E-state index in [4.69, 9.17) is 0 Å². The van der Waals surface area contributed by atoms with E-state index in [0.29, 0.717) is 17.8 Å². The Hall–Kier alpha value is -3.51. The number of nitrogens with one attached hydrogen (secondary N) is 1. The predicted molar refractivity (Wildman–Crippen MR) is 124 cm³/mol. The van der Waals surface area contributed by atoms with Gasteiger partial charge in [-0.15, -0.1) is 0 Å². The van der Waals surface area contributed by atoms with Gasteiger partial charge in [0.15, 0.2) is 17.5 Å². The molecule has 2 heterocycles. The van der Waals surface area contributed by atoms with Gasteiger partial charge in [-0.1, -0.05) is 18.6 Å². The van der Waals surface area contributed by atoms with Crippen LogP contribution in [0.1, 0.15) is 24.8 Å². The van der Waals surface area contributed by atoms with E-state index in [1.54, 1.807) is 0 Å². The fraction of sp³-hybridized carbons (Fsp3) is 0.360. The Balaban J connectivity index is 1.25. The standard InChI is InChI=1S/C25H26F3N5O/c26-20-14-19(15-21(27)24(20)28)23-17-30-25(34)33(23)9-5-1-4-8-31-10-12-32(13-11-31)22-7-3-2-6-18(22)16-29/h2-3,6-7,14-15,17H,1,4-5,8-13H2,(H,30,34). The summed E-state index contributed by atoms with van der Waals surface area (Å²) in [5, 5.41) is 9.31. The second kappa shape index (κ2) is 10.6. The number of hydrogen-bond donors (Lipinski definition) is 1. The number of imidazole rings is 1. The van der Waals surface area contributed by atoms with Crippen molar-refractivity contribution < 1.29 is 13.2 Å². The lowest BCUT2D eigenvalue weighted by atomic mass is 10.1. The van der Waals surface area contributed by atoms with Crippen LogP contribution < -0.4 is 10.6 Å². The van der Waals surface area contributed by atoms with Crippen LogP contribution in [0.3, 0.4) is 0 Å². The minimum Gasteiger partial charge on any atom is -0.368 e. The molecule has 9 heteroatoms. The lowest BCUT2D eigenvalue weighted by Crippen LogP contribution is -2.46. The number of H-pyrrole nitrogens is 1. The minimum atomic E-state index is -1.52. The number of hydrogen-bond acceptors (Lipinski definition) is 4. The Morgan fingerprint density at radius 3 is 2.32 bits per heavy atom. The van der Waals surface area contributed by atoms with Crippen molar-refractivity contribution >= 4 is 5.69 Å². The predicted octanol–water partition coefficient (Wildman–Crippen LogP) is 4.12. The number of nitrogens with zero attached hydrogens (tertiary/aromatic N) is 4. The highest BCUT2D eigenvalue weighted by atomic mass is 19.2. The third kappa shape index (κ3) is 5.18. The van der Waals surface area contributed by atoms with E-state index in [9.17, 15) is 23.2 Å². The van der Waals surface area contributed by atoms with E-state index in [2.05, 4.69) is 20.9 Å². The van der Waals surface area contributed by atoms with Gasteiger partial charge in [-0.25, -0.2) is 18.0 Å². The zero-order chi connectivity index (χ0) is 24.1. The normalized spacial score (nSPS) is 14.4. The maximum Gasteiger partial charge on any atom is 0.325 e. The summed E-state index contributed by atoms with van der Waals surface area (Å²) in [5.41, 5.74) is 1.76. The van der Waals surface area contributed by atoms with Crippen molar-refractivity contribution in [2.45, 2.75) is 25.8 Å². The first-order valence-electron chi connectivity index (χ1n) is 11.4. The average molecular weight is 470 g/mol. The first kappa shape index (κ1) is 23.6. The Morgan fingerprint density at radius 2 is 1.62 bits per heavy atom. The van der Waals surface area contributed by atoms with Gasteiger partial charge in [0.1, 0.15) is 6.07 Å². The summed E-state index contributed by atoms with van der Waals surface area (Å²) in [5.74, 6) is -4.10. The molecule has 0 atom stereocenters. The van der Waals surface area contributed by atoms with Gasteiger partial charge >= 0.3 is 5.69 Å². The number of aromatic nitrogens is 2. The second-order valence-corrected chi connectivity index (χ2v) is 8.40. The van der Waals surface area contributed by atoms with Gasteiger partial charge in [0.25, 0.3) is 0 Å². The number of unbranched alkanes of at least 4 members (excludes halogenated alkanes) is 2. The van der Waals surface area contributed by atoms with Crippen LogP contribution in [0.4, 0.5) is 18.9 Å². The molecule has 0 amide bonds. The third-order valence-electron chi connectivity index (χ3n) is 6.24. The molecule has 0 unspecified atom stereocenters. The van der Waals surface area contributed by atoms with Crippen molar-refractivity contribution in [3.8, 4) is 17.3 Å². The molecule has 1 saturated heterocycles. The van der Waals surface area contributed by atoms with Crippen LogP contribution in [-0.4, -0.2) is 47.2 Å². The Kier molecular flexibility index (Phi) is 7.38. The van der Waals surface area contributed by atoms with Crippen molar-refractivity contribution in [2.75, 3.05) is 37.6 Å². The van der Waals surface area contributed by atoms with Crippen LogP contribution in [0.25, 0.3) is 11.3 Å². The summed E-state index contributed by atoms with van der Waals surface area (Å²) in [7, 11) is 0. The van der Waals surface area contributed by atoms with Gasteiger partial charge in [0.05, 0.1) is 16.9 Å². The maximum atomic E-state index is 13.6. The highest BCUT2D eigenvalue weighted by molar-refractivity contribution is 5.60. The zero-order valence-corrected chi connectivity index (χ0v) is 18.7. The van der Waals surface area contributed by atoms with Gasteiger partial charge in [-0.3, -0.25) is 9.47 Å². The van der Waals surface area contributed by atoms with E-state index in [0.717, 1.165) is 69.8 Å². The van der Waals surface area contributed by atoms with Crippen LogP contribution in [-0.2, 0) is 6.54 Å². The van der Waals surface area contributed by atoms with Gasteiger partial charge in [0, 0.05) is 44.5 Å². The second-order valence-electron chi connectivity index (χ2n) is 8.40. The number of piperazine rings is 1. The number of rotatable bonds is 8. The maximum absolute atomic E-state index is 13.6. The number of nitriles is 1. The molecule has 0 saturated carbocycles. The molecule has 4 rings (SSSR count). The van der Waals surface area contributed by atoms with Gasteiger partial charge < -0.3 is 9.88 Å². The fourth-order valence-corrected chi connectivity index (χ4v) is 4.40. The molecule has 1 aliphatic rings. The first-order valence-corrected chi connectivity index (χ1v) is 11.4. The summed E-state index contributed by atoms with van der Waals surface area (Å²) < 4.78 is 41.9. The van der Waals surface area contributed by atoms with E-state index in [-0.39, 0.29) is 11.3 Å². The summed E-state index contributed by atoms with van der Waals surface area (Å²) in [6, 6.07) is 11.7. The van der Waals surface area contributed by atoms with Crippen molar-refractivity contribution in [2.24, 2.45) is 0 Å². The van der Waals surface area contributed by atoms with E-state index >= 15 is 0 Å². The van der Waals surface area contributed by atoms with Gasteiger partial charge in [-0.2, -0.15) is 5.26 Å². The molecule has 1 fully saturated rings. The van der Waals surface area contributed by atoms with Crippen LogP contribution >= 0.6 is 0 Å². The topological polar surface area (TPSA) is 68.1 Å². The number of halogens is 3. The summed E-state index contributed by atoms with van der Waals surface area (Å²) in [6.07, 6.45) is 3.97. The van der Waals surface area contributed by atoms with E-state index in [1.165, 1.54) is 10.8 Å². The average Bonchev–Trinajstić information content (AvgIpc) is 3.22. The van der Waals surface area contributed by atoms with Crippen molar-refractivity contribution in [1.82, 2.24) is 14.5 Å². The summed E-state index contributed by atoms with van der Waals surface area (Å²) >= 11 is 0. The molecule has 1 aromatic heterocycles. The number of aromatic amines is 1. The lowest BCUT2D eigenvalue weighted by molar-refractivity contribution is 0.251. The highest BCUT2D eigenvalue weighted by Crippen LogP contribution is 2.24. The largest absolute Gasteiger partial charge is 0.368 e. The molecular formula is C25H26F3N5O.